The van der Waals surface area contributed by atoms with Gasteiger partial charge in [-0.2, -0.15) is 0 Å². The molecule has 7 heteroatoms. The lowest BCUT2D eigenvalue weighted by Crippen LogP contribution is -2.37. The van der Waals surface area contributed by atoms with E-state index in [1.54, 1.807) is 6.07 Å². The maximum Gasteiger partial charge on any atom is 0.323 e. The Labute approximate surface area is 145 Å². The maximum atomic E-state index is 12.7. The molecule has 1 aliphatic rings. The van der Waals surface area contributed by atoms with Crippen molar-refractivity contribution in [2.75, 3.05) is 11.9 Å². The third kappa shape index (κ3) is 4.96. The molecule has 0 aliphatic heterocycles. The van der Waals surface area contributed by atoms with Gasteiger partial charge in [0.15, 0.2) is 0 Å². The molecule has 24 heavy (non-hydrogen) atoms. The normalized spacial score (nSPS) is 13.7. The second-order valence-electron chi connectivity index (χ2n) is 6.40. The van der Waals surface area contributed by atoms with Gasteiger partial charge in [0.1, 0.15) is 6.54 Å². The fraction of sp³-hybridized carbons (Fsp3) is 0.471. The molecule has 0 bridgehead atoms. The van der Waals surface area contributed by atoms with Crippen LogP contribution in [0, 0.1) is 5.92 Å². The van der Waals surface area contributed by atoms with Crippen molar-refractivity contribution >= 4 is 35.1 Å². The predicted octanol–water partition coefficient (Wildman–Crippen LogP) is 3.01. The van der Waals surface area contributed by atoms with Gasteiger partial charge >= 0.3 is 5.97 Å². The van der Waals surface area contributed by atoms with E-state index in [1.807, 2.05) is 13.8 Å². The van der Waals surface area contributed by atoms with E-state index >= 15 is 0 Å². The van der Waals surface area contributed by atoms with Crippen LogP contribution in [-0.2, 0) is 9.59 Å². The Bertz CT molecular complexity index is 656. The van der Waals surface area contributed by atoms with Crippen molar-refractivity contribution in [1.29, 1.82) is 0 Å². The second-order valence-corrected chi connectivity index (χ2v) is 6.81. The van der Waals surface area contributed by atoms with Gasteiger partial charge in [-0.15, -0.1) is 0 Å². The van der Waals surface area contributed by atoms with Crippen molar-refractivity contribution in [3.8, 4) is 0 Å². The zero-order valence-corrected chi connectivity index (χ0v) is 14.5. The highest BCUT2D eigenvalue weighted by atomic mass is 35.5. The van der Waals surface area contributed by atoms with Gasteiger partial charge < -0.3 is 15.3 Å². The van der Waals surface area contributed by atoms with Crippen LogP contribution in [0.5, 0.6) is 0 Å². The molecule has 1 aromatic carbocycles. The van der Waals surface area contributed by atoms with Crippen LogP contribution < -0.4 is 5.32 Å². The number of halogens is 1. The number of amides is 2. The molecule has 0 unspecified atom stereocenters. The lowest BCUT2D eigenvalue weighted by atomic mass is 10.1. The number of rotatable bonds is 7. The lowest BCUT2D eigenvalue weighted by Gasteiger charge is -2.21. The van der Waals surface area contributed by atoms with E-state index in [0.29, 0.717) is 12.1 Å². The summed E-state index contributed by atoms with van der Waals surface area (Å²) < 4.78 is 0. The van der Waals surface area contributed by atoms with Crippen molar-refractivity contribution in [1.82, 2.24) is 4.90 Å². The Morgan fingerprint density at radius 1 is 1.33 bits per heavy atom. The van der Waals surface area contributed by atoms with Crippen molar-refractivity contribution in [3.63, 3.8) is 0 Å². The van der Waals surface area contributed by atoms with Crippen LogP contribution in [0.3, 0.4) is 0 Å². The molecule has 1 fully saturated rings. The van der Waals surface area contributed by atoms with Crippen molar-refractivity contribution < 1.29 is 19.5 Å². The van der Waals surface area contributed by atoms with Crippen LogP contribution in [-0.4, -0.2) is 40.4 Å². The third-order valence-corrected chi connectivity index (χ3v) is 3.96. The minimum Gasteiger partial charge on any atom is -0.480 e. The number of hydrogen-bond donors (Lipinski definition) is 2. The molecule has 2 N–H and O–H groups in total. The van der Waals surface area contributed by atoms with Gasteiger partial charge in [-0.3, -0.25) is 14.4 Å². The molecule has 0 radical (unpaired) electrons. The van der Waals surface area contributed by atoms with Crippen LogP contribution in [0.4, 0.5) is 5.69 Å². The van der Waals surface area contributed by atoms with Crippen LogP contribution in [0.25, 0.3) is 0 Å². The van der Waals surface area contributed by atoms with Gasteiger partial charge in [0.05, 0.1) is 10.6 Å². The standard InChI is InChI=1S/C17H21ClN2O4/c1-10(2)7-15(21)19-11-3-6-14(18)13(8-11)17(24)20(9-16(22)23)12-4-5-12/h3,6,8,10,12H,4-5,7,9H2,1-2H3,(H,19,21)(H,22,23). The Balaban J connectivity index is 2.19. The SMILES string of the molecule is CC(C)CC(=O)Nc1ccc(Cl)c(C(=O)N(CC(=O)O)C2CC2)c1. The highest BCUT2D eigenvalue weighted by Crippen LogP contribution is 2.30. The first kappa shape index (κ1) is 18.3. The van der Waals surface area contributed by atoms with Crippen LogP contribution in [0.15, 0.2) is 18.2 Å². The number of carboxylic acid groups (broad SMARTS) is 1. The maximum absolute atomic E-state index is 12.7. The summed E-state index contributed by atoms with van der Waals surface area (Å²) in [5, 5.41) is 12.0. The van der Waals surface area contributed by atoms with Crippen molar-refractivity contribution in [3.05, 3.63) is 28.8 Å². The average molecular weight is 353 g/mol. The van der Waals surface area contributed by atoms with Gasteiger partial charge in [-0.1, -0.05) is 25.4 Å². The zero-order valence-electron chi connectivity index (χ0n) is 13.7. The number of hydrogen-bond acceptors (Lipinski definition) is 3. The van der Waals surface area contributed by atoms with Crippen LogP contribution >= 0.6 is 11.6 Å². The number of nitrogens with one attached hydrogen (secondary N) is 1. The van der Waals surface area contributed by atoms with Crippen molar-refractivity contribution in [2.24, 2.45) is 5.92 Å². The highest BCUT2D eigenvalue weighted by Gasteiger charge is 2.35. The molecular weight excluding hydrogens is 332 g/mol. The number of anilines is 1. The number of aliphatic carboxylic acids is 1. The quantitative estimate of drug-likeness (QED) is 0.789. The first-order valence-corrected chi connectivity index (χ1v) is 8.28. The predicted molar refractivity (Wildman–Crippen MR) is 91.2 cm³/mol. The Morgan fingerprint density at radius 2 is 2.00 bits per heavy atom. The Kier molecular flexibility index (Phi) is 5.83. The third-order valence-electron chi connectivity index (χ3n) is 3.63. The van der Waals surface area contributed by atoms with Gasteiger partial charge in [-0.25, -0.2) is 0 Å². The second kappa shape index (κ2) is 7.66. The number of benzene rings is 1. The minimum atomic E-state index is -1.06. The molecule has 1 aromatic rings. The molecule has 0 aromatic heterocycles. The Morgan fingerprint density at radius 3 is 2.54 bits per heavy atom. The summed E-state index contributed by atoms with van der Waals surface area (Å²) >= 11 is 6.11. The van der Waals surface area contributed by atoms with Gasteiger partial charge in [0.25, 0.3) is 5.91 Å². The topological polar surface area (TPSA) is 86.7 Å². The molecular formula is C17H21ClN2O4. The molecule has 130 valence electrons. The molecule has 1 saturated carbocycles. The van der Waals surface area contributed by atoms with E-state index in [-0.39, 0.29) is 35.0 Å². The molecule has 2 rings (SSSR count). The van der Waals surface area contributed by atoms with E-state index in [9.17, 15) is 14.4 Å². The summed E-state index contributed by atoms with van der Waals surface area (Å²) in [5.41, 5.74) is 0.673. The fourth-order valence-corrected chi connectivity index (χ4v) is 2.60. The fourth-order valence-electron chi connectivity index (χ4n) is 2.40. The molecule has 6 nitrogen and oxygen atoms in total. The average Bonchev–Trinajstić information content (AvgIpc) is 3.29. The summed E-state index contributed by atoms with van der Waals surface area (Å²) in [6.07, 6.45) is 1.96. The first-order valence-electron chi connectivity index (χ1n) is 7.90. The van der Waals surface area contributed by atoms with Crippen LogP contribution in [0.1, 0.15) is 43.5 Å². The number of nitrogens with zero attached hydrogens (tertiary/aromatic N) is 1. The van der Waals surface area contributed by atoms with Crippen molar-refractivity contribution in [2.45, 2.75) is 39.2 Å². The van der Waals surface area contributed by atoms with E-state index in [1.165, 1.54) is 17.0 Å². The van der Waals surface area contributed by atoms with Gasteiger partial charge in [0.2, 0.25) is 5.91 Å². The highest BCUT2D eigenvalue weighted by molar-refractivity contribution is 6.34. The molecule has 2 amide bonds. The smallest absolute Gasteiger partial charge is 0.323 e. The number of carboxylic acids is 1. The van der Waals surface area contributed by atoms with E-state index in [0.717, 1.165) is 12.8 Å². The molecule has 1 aliphatic carbocycles. The number of carbonyl (C=O) groups is 3. The summed E-state index contributed by atoms with van der Waals surface area (Å²) in [6, 6.07) is 4.60. The van der Waals surface area contributed by atoms with Crippen LogP contribution in [0.2, 0.25) is 5.02 Å². The number of carbonyl (C=O) groups excluding carboxylic acids is 2. The summed E-state index contributed by atoms with van der Waals surface area (Å²) in [7, 11) is 0. The molecule has 0 saturated heterocycles. The first-order chi connectivity index (χ1) is 11.3. The van der Waals surface area contributed by atoms with Gasteiger partial charge in [-0.05, 0) is 37.0 Å². The monoisotopic (exact) mass is 352 g/mol. The van der Waals surface area contributed by atoms with Gasteiger partial charge in [0, 0.05) is 18.2 Å². The lowest BCUT2D eigenvalue weighted by molar-refractivity contribution is -0.137. The Hall–Kier alpha value is -2.08. The largest absolute Gasteiger partial charge is 0.480 e. The molecule has 0 spiro atoms. The summed E-state index contributed by atoms with van der Waals surface area (Å²) in [6.45, 7) is 3.52. The minimum absolute atomic E-state index is 0.0520. The van der Waals surface area contributed by atoms with E-state index < -0.39 is 11.9 Å². The van der Waals surface area contributed by atoms with E-state index in [2.05, 4.69) is 5.32 Å². The van der Waals surface area contributed by atoms with E-state index in [4.69, 9.17) is 16.7 Å². The molecule has 0 atom stereocenters. The summed E-state index contributed by atoms with van der Waals surface area (Å²) in [5.74, 6) is -1.41. The zero-order chi connectivity index (χ0) is 17.9. The molecule has 0 heterocycles. The summed E-state index contributed by atoms with van der Waals surface area (Å²) in [4.78, 5) is 36.8.